The first-order valence-corrected chi connectivity index (χ1v) is 5.05. The standard InChI is InChI=1S/C10H16N4O/c1-7(11)3-14(2)10-8-4-15-5-9(8)12-6-13-10/h6-7H,3-5,11H2,1-2H3. The first kappa shape index (κ1) is 10.3. The maximum atomic E-state index is 5.76. The summed E-state index contributed by atoms with van der Waals surface area (Å²) in [7, 11) is 1.99. The molecule has 0 aliphatic carbocycles. The summed E-state index contributed by atoms with van der Waals surface area (Å²) in [5, 5.41) is 0. The Labute approximate surface area is 89.3 Å². The molecule has 0 amide bonds. The van der Waals surface area contributed by atoms with Crippen molar-refractivity contribution in [3.63, 3.8) is 0 Å². The molecule has 1 aliphatic rings. The number of anilines is 1. The van der Waals surface area contributed by atoms with Gasteiger partial charge in [0.15, 0.2) is 0 Å². The lowest BCUT2D eigenvalue weighted by molar-refractivity contribution is 0.133. The van der Waals surface area contributed by atoms with Crippen LogP contribution in [0.5, 0.6) is 0 Å². The van der Waals surface area contributed by atoms with Crippen molar-refractivity contribution in [3.05, 3.63) is 17.6 Å². The number of hydrogen-bond acceptors (Lipinski definition) is 5. The highest BCUT2D eigenvalue weighted by Crippen LogP contribution is 2.25. The van der Waals surface area contributed by atoms with Gasteiger partial charge in [-0.1, -0.05) is 0 Å². The number of ether oxygens (including phenoxy) is 1. The summed E-state index contributed by atoms with van der Waals surface area (Å²) in [6.45, 7) is 3.96. The summed E-state index contributed by atoms with van der Waals surface area (Å²) in [5.74, 6) is 0.940. The minimum atomic E-state index is 0.128. The lowest BCUT2D eigenvalue weighted by atomic mass is 10.2. The van der Waals surface area contributed by atoms with E-state index >= 15 is 0 Å². The molecule has 0 bridgehead atoms. The zero-order valence-corrected chi connectivity index (χ0v) is 9.10. The number of nitrogens with two attached hydrogens (primary N) is 1. The Bertz CT molecular complexity index is 353. The third-order valence-corrected chi connectivity index (χ3v) is 2.42. The van der Waals surface area contributed by atoms with E-state index in [0.717, 1.165) is 23.6 Å². The van der Waals surface area contributed by atoms with Gasteiger partial charge in [0.1, 0.15) is 12.1 Å². The van der Waals surface area contributed by atoms with Crippen molar-refractivity contribution in [1.29, 1.82) is 0 Å². The molecular weight excluding hydrogens is 192 g/mol. The largest absolute Gasteiger partial charge is 0.370 e. The van der Waals surface area contributed by atoms with Gasteiger partial charge in [-0.05, 0) is 6.92 Å². The topological polar surface area (TPSA) is 64.3 Å². The van der Waals surface area contributed by atoms with Gasteiger partial charge in [0.2, 0.25) is 0 Å². The number of hydrogen-bond donors (Lipinski definition) is 1. The number of likely N-dealkylation sites (N-methyl/N-ethyl adjacent to an activating group) is 1. The Kier molecular flexibility index (Phi) is 2.83. The van der Waals surface area contributed by atoms with Gasteiger partial charge in [-0.2, -0.15) is 0 Å². The molecule has 1 aliphatic heterocycles. The van der Waals surface area contributed by atoms with Crippen LogP contribution in [-0.2, 0) is 18.0 Å². The van der Waals surface area contributed by atoms with Gasteiger partial charge >= 0.3 is 0 Å². The van der Waals surface area contributed by atoms with E-state index in [1.807, 2.05) is 14.0 Å². The number of rotatable bonds is 3. The van der Waals surface area contributed by atoms with Crippen LogP contribution in [0.4, 0.5) is 5.82 Å². The zero-order chi connectivity index (χ0) is 10.8. The smallest absolute Gasteiger partial charge is 0.137 e. The molecule has 1 unspecified atom stereocenters. The molecule has 1 atom stereocenters. The number of nitrogens with zero attached hydrogens (tertiary/aromatic N) is 3. The molecule has 0 radical (unpaired) electrons. The van der Waals surface area contributed by atoms with Crippen LogP contribution in [0.15, 0.2) is 6.33 Å². The van der Waals surface area contributed by atoms with Crippen LogP contribution >= 0.6 is 0 Å². The zero-order valence-electron chi connectivity index (χ0n) is 9.10. The van der Waals surface area contributed by atoms with E-state index in [2.05, 4.69) is 14.9 Å². The fourth-order valence-electron chi connectivity index (χ4n) is 1.81. The molecule has 2 rings (SSSR count). The van der Waals surface area contributed by atoms with E-state index in [4.69, 9.17) is 10.5 Å². The van der Waals surface area contributed by atoms with Crippen LogP contribution < -0.4 is 10.6 Å². The van der Waals surface area contributed by atoms with Crippen molar-refractivity contribution >= 4 is 5.82 Å². The Morgan fingerprint density at radius 2 is 2.33 bits per heavy atom. The first-order chi connectivity index (χ1) is 7.18. The normalized spacial score (nSPS) is 16.2. The average molecular weight is 208 g/mol. The fraction of sp³-hybridized carbons (Fsp3) is 0.600. The molecule has 0 saturated heterocycles. The number of fused-ring (bicyclic) bond motifs is 1. The van der Waals surface area contributed by atoms with Gasteiger partial charge in [-0.25, -0.2) is 9.97 Å². The Hall–Kier alpha value is -1.20. The number of aromatic nitrogens is 2. The lowest BCUT2D eigenvalue weighted by Gasteiger charge is -2.21. The average Bonchev–Trinajstić information content (AvgIpc) is 2.63. The van der Waals surface area contributed by atoms with Crippen molar-refractivity contribution in [2.24, 2.45) is 5.73 Å². The van der Waals surface area contributed by atoms with E-state index in [1.165, 1.54) is 0 Å². The third kappa shape index (κ3) is 2.08. The second kappa shape index (κ2) is 4.12. The van der Waals surface area contributed by atoms with Gasteiger partial charge in [-0.15, -0.1) is 0 Å². The van der Waals surface area contributed by atoms with Crippen LogP contribution in [0.25, 0.3) is 0 Å². The summed E-state index contributed by atoms with van der Waals surface area (Å²) in [5.41, 5.74) is 7.85. The van der Waals surface area contributed by atoms with Crippen LogP contribution in [0.1, 0.15) is 18.2 Å². The summed E-state index contributed by atoms with van der Waals surface area (Å²) in [6.07, 6.45) is 1.58. The first-order valence-electron chi connectivity index (χ1n) is 5.05. The van der Waals surface area contributed by atoms with Gasteiger partial charge in [0.05, 0.1) is 18.9 Å². The van der Waals surface area contributed by atoms with E-state index in [9.17, 15) is 0 Å². The van der Waals surface area contributed by atoms with E-state index < -0.39 is 0 Å². The van der Waals surface area contributed by atoms with E-state index in [0.29, 0.717) is 13.2 Å². The molecule has 0 aromatic carbocycles. The van der Waals surface area contributed by atoms with E-state index in [1.54, 1.807) is 6.33 Å². The minimum Gasteiger partial charge on any atom is -0.370 e. The van der Waals surface area contributed by atoms with Crippen molar-refractivity contribution in [2.45, 2.75) is 26.2 Å². The van der Waals surface area contributed by atoms with Crippen LogP contribution in [0.3, 0.4) is 0 Å². The molecule has 0 spiro atoms. The maximum absolute atomic E-state index is 5.76. The predicted octanol–water partition coefficient (Wildman–Crippen LogP) is 0.290. The third-order valence-electron chi connectivity index (χ3n) is 2.42. The van der Waals surface area contributed by atoms with Crippen molar-refractivity contribution in [2.75, 3.05) is 18.5 Å². The molecule has 1 aromatic heterocycles. The van der Waals surface area contributed by atoms with Gasteiger partial charge < -0.3 is 15.4 Å². The fourth-order valence-corrected chi connectivity index (χ4v) is 1.81. The van der Waals surface area contributed by atoms with Gasteiger partial charge in [0, 0.05) is 25.2 Å². The molecule has 0 saturated carbocycles. The minimum absolute atomic E-state index is 0.128. The second-order valence-corrected chi connectivity index (χ2v) is 3.97. The molecule has 1 aromatic rings. The molecule has 0 fully saturated rings. The van der Waals surface area contributed by atoms with Crippen LogP contribution in [0, 0.1) is 0 Å². The molecular formula is C10H16N4O. The summed E-state index contributed by atoms with van der Waals surface area (Å²) < 4.78 is 5.35. The van der Waals surface area contributed by atoms with Gasteiger partial charge in [0.25, 0.3) is 0 Å². The van der Waals surface area contributed by atoms with Gasteiger partial charge in [-0.3, -0.25) is 0 Å². The monoisotopic (exact) mass is 208 g/mol. The van der Waals surface area contributed by atoms with Crippen LogP contribution in [0.2, 0.25) is 0 Å². The quantitative estimate of drug-likeness (QED) is 0.773. The lowest BCUT2D eigenvalue weighted by Crippen LogP contribution is -2.33. The molecule has 5 heteroatoms. The molecule has 82 valence electrons. The molecule has 5 nitrogen and oxygen atoms in total. The second-order valence-electron chi connectivity index (χ2n) is 3.97. The predicted molar refractivity (Wildman–Crippen MR) is 57.4 cm³/mol. The molecule has 2 heterocycles. The maximum Gasteiger partial charge on any atom is 0.137 e. The highest BCUT2D eigenvalue weighted by atomic mass is 16.5. The summed E-state index contributed by atoms with van der Waals surface area (Å²) >= 11 is 0. The van der Waals surface area contributed by atoms with Crippen molar-refractivity contribution < 1.29 is 4.74 Å². The molecule has 2 N–H and O–H groups in total. The Morgan fingerprint density at radius 3 is 3.07 bits per heavy atom. The van der Waals surface area contributed by atoms with Crippen molar-refractivity contribution in [1.82, 2.24) is 9.97 Å². The Balaban J connectivity index is 2.24. The Morgan fingerprint density at radius 1 is 1.53 bits per heavy atom. The highest BCUT2D eigenvalue weighted by Gasteiger charge is 2.20. The van der Waals surface area contributed by atoms with Crippen LogP contribution in [-0.4, -0.2) is 29.6 Å². The van der Waals surface area contributed by atoms with E-state index in [-0.39, 0.29) is 6.04 Å². The summed E-state index contributed by atoms with van der Waals surface area (Å²) in [4.78, 5) is 10.5. The SMILES string of the molecule is CC(N)CN(C)c1ncnc2c1COC2. The van der Waals surface area contributed by atoms with Crippen molar-refractivity contribution in [3.8, 4) is 0 Å². The highest BCUT2D eigenvalue weighted by molar-refractivity contribution is 5.48. The summed E-state index contributed by atoms with van der Waals surface area (Å²) in [6, 6.07) is 0.128. The molecule has 15 heavy (non-hydrogen) atoms.